The summed E-state index contributed by atoms with van der Waals surface area (Å²) in [6.07, 6.45) is 0. The molecule has 0 heterocycles. The topological polar surface area (TPSA) is 83.5 Å². The molecule has 0 aliphatic rings. The molecule has 5 nitrogen and oxygen atoms in total. The lowest BCUT2D eigenvalue weighted by Gasteiger charge is -2.11. The van der Waals surface area contributed by atoms with Crippen LogP contribution in [-0.2, 0) is 14.4 Å². The number of carboxylic acids is 1. The van der Waals surface area contributed by atoms with Crippen molar-refractivity contribution in [2.75, 3.05) is 11.5 Å². The van der Waals surface area contributed by atoms with E-state index in [0.29, 0.717) is 0 Å². The highest BCUT2D eigenvalue weighted by atomic mass is 32.2. The highest BCUT2D eigenvalue weighted by Gasteiger charge is 2.17. The zero-order valence-corrected chi connectivity index (χ0v) is 8.89. The van der Waals surface area contributed by atoms with E-state index in [1.807, 2.05) is 0 Å². The van der Waals surface area contributed by atoms with Crippen molar-refractivity contribution in [1.29, 1.82) is 0 Å². The quantitative estimate of drug-likeness (QED) is 0.651. The summed E-state index contributed by atoms with van der Waals surface area (Å²) in [6.45, 7) is 2.69. The summed E-state index contributed by atoms with van der Waals surface area (Å²) in [5.74, 6) is -1.02. The van der Waals surface area contributed by atoms with Crippen molar-refractivity contribution in [3.05, 3.63) is 0 Å². The summed E-state index contributed by atoms with van der Waals surface area (Å²) in [5, 5.41) is 11.0. The monoisotopic (exact) mass is 219 g/mol. The SMILES string of the molecule is CC(=O)CSCC(NC(C)=O)C(=O)O. The Kier molecular flexibility index (Phi) is 5.94. The van der Waals surface area contributed by atoms with Crippen molar-refractivity contribution in [3.8, 4) is 0 Å². The van der Waals surface area contributed by atoms with E-state index in [2.05, 4.69) is 5.32 Å². The molecule has 14 heavy (non-hydrogen) atoms. The van der Waals surface area contributed by atoms with Gasteiger partial charge in [-0.25, -0.2) is 4.79 Å². The number of thioether (sulfide) groups is 1. The van der Waals surface area contributed by atoms with Crippen molar-refractivity contribution in [1.82, 2.24) is 5.32 Å². The Balaban J connectivity index is 3.91. The number of carboxylic acid groups (broad SMARTS) is 1. The molecule has 0 saturated heterocycles. The maximum absolute atomic E-state index is 10.6. The Morgan fingerprint density at radius 1 is 1.36 bits per heavy atom. The minimum absolute atomic E-state index is 0.0121. The van der Waals surface area contributed by atoms with E-state index in [4.69, 9.17) is 5.11 Å². The van der Waals surface area contributed by atoms with E-state index in [0.717, 1.165) is 0 Å². The van der Waals surface area contributed by atoms with Gasteiger partial charge in [0.15, 0.2) is 0 Å². The molecule has 0 radical (unpaired) electrons. The highest BCUT2D eigenvalue weighted by Crippen LogP contribution is 2.03. The summed E-state index contributed by atoms with van der Waals surface area (Å²) in [5.41, 5.74) is 0. The number of carbonyl (C=O) groups excluding carboxylic acids is 2. The summed E-state index contributed by atoms with van der Waals surface area (Å²) in [4.78, 5) is 31.8. The Bertz CT molecular complexity index is 241. The molecule has 0 aromatic heterocycles. The summed E-state index contributed by atoms with van der Waals surface area (Å²) >= 11 is 1.19. The van der Waals surface area contributed by atoms with Crippen molar-refractivity contribution in [3.63, 3.8) is 0 Å². The third-order valence-electron chi connectivity index (χ3n) is 1.27. The molecule has 0 rings (SSSR count). The number of rotatable bonds is 6. The molecule has 1 amide bonds. The molecule has 6 heteroatoms. The van der Waals surface area contributed by atoms with Gasteiger partial charge < -0.3 is 10.4 Å². The highest BCUT2D eigenvalue weighted by molar-refractivity contribution is 8.00. The molecule has 0 spiro atoms. The van der Waals surface area contributed by atoms with E-state index < -0.39 is 12.0 Å². The van der Waals surface area contributed by atoms with E-state index in [9.17, 15) is 14.4 Å². The fraction of sp³-hybridized carbons (Fsp3) is 0.625. The smallest absolute Gasteiger partial charge is 0.327 e. The average molecular weight is 219 g/mol. The van der Waals surface area contributed by atoms with Crippen molar-refractivity contribution < 1.29 is 19.5 Å². The van der Waals surface area contributed by atoms with Crippen molar-refractivity contribution in [2.24, 2.45) is 0 Å². The van der Waals surface area contributed by atoms with E-state index in [1.54, 1.807) is 0 Å². The van der Waals surface area contributed by atoms with Crippen molar-refractivity contribution in [2.45, 2.75) is 19.9 Å². The Morgan fingerprint density at radius 2 is 1.93 bits per heavy atom. The molecule has 1 unspecified atom stereocenters. The standard InChI is InChI=1S/C8H13NO4S/c1-5(10)3-14-4-7(8(12)13)9-6(2)11/h7H,3-4H2,1-2H3,(H,9,11)(H,12,13). The van der Waals surface area contributed by atoms with E-state index in [1.165, 1.54) is 25.6 Å². The number of Topliss-reactive ketones (excluding diaryl/α,β-unsaturated/α-hetero) is 1. The Morgan fingerprint density at radius 3 is 2.29 bits per heavy atom. The average Bonchev–Trinajstić information content (AvgIpc) is 2.00. The predicted molar refractivity (Wildman–Crippen MR) is 53.2 cm³/mol. The number of amides is 1. The van der Waals surface area contributed by atoms with Crippen LogP contribution >= 0.6 is 11.8 Å². The van der Waals surface area contributed by atoms with Crippen LogP contribution in [0, 0.1) is 0 Å². The van der Waals surface area contributed by atoms with Crippen LogP contribution in [0.5, 0.6) is 0 Å². The molecule has 2 N–H and O–H groups in total. The summed E-state index contributed by atoms with van der Waals surface area (Å²) in [6, 6.07) is -0.920. The molecule has 0 aliphatic carbocycles. The summed E-state index contributed by atoms with van der Waals surface area (Å²) < 4.78 is 0. The van der Waals surface area contributed by atoms with Gasteiger partial charge in [0.05, 0.1) is 5.75 Å². The van der Waals surface area contributed by atoms with Crippen LogP contribution in [0.15, 0.2) is 0 Å². The molecule has 0 saturated carbocycles. The number of ketones is 1. The molecule has 0 fully saturated rings. The third-order valence-corrected chi connectivity index (χ3v) is 2.45. The van der Waals surface area contributed by atoms with Gasteiger partial charge in [-0.1, -0.05) is 0 Å². The molecule has 0 aliphatic heterocycles. The number of carbonyl (C=O) groups is 3. The van der Waals surface area contributed by atoms with Gasteiger partial charge in [-0.3, -0.25) is 9.59 Å². The first-order valence-electron chi connectivity index (χ1n) is 4.00. The number of hydrogen-bond donors (Lipinski definition) is 2. The third kappa shape index (κ3) is 6.47. The molecular weight excluding hydrogens is 206 g/mol. The van der Waals surface area contributed by atoms with Gasteiger partial charge in [-0.05, 0) is 6.92 Å². The Hall–Kier alpha value is -1.04. The second-order valence-electron chi connectivity index (χ2n) is 2.81. The molecule has 0 bridgehead atoms. The van der Waals surface area contributed by atoms with Crippen LogP contribution in [-0.4, -0.2) is 40.3 Å². The van der Waals surface area contributed by atoms with Gasteiger partial charge >= 0.3 is 5.97 Å². The van der Waals surface area contributed by atoms with Crippen LogP contribution in [0.2, 0.25) is 0 Å². The number of hydrogen-bond acceptors (Lipinski definition) is 4. The van der Waals surface area contributed by atoms with Gasteiger partial charge in [0.25, 0.3) is 0 Å². The zero-order valence-electron chi connectivity index (χ0n) is 8.07. The fourth-order valence-electron chi connectivity index (χ4n) is 0.741. The molecular formula is C8H13NO4S. The van der Waals surface area contributed by atoms with Gasteiger partial charge in [-0.15, -0.1) is 0 Å². The minimum Gasteiger partial charge on any atom is -0.480 e. The van der Waals surface area contributed by atoms with Crippen LogP contribution in [0.3, 0.4) is 0 Å². The lowest BCUT2D eigenvalue weighted by atomic mass is 10.3. The zero-order chi connectivity index (χ0) is 11.1. The fourth-order valence-corrected chi connectivity index (χ4v) is 1.61. The van der Waals surface area contributed by atoms with Crippen LogP contribution in [0.4, 0.5) is 0 Å². The first-order chi connectivity index (χ1) is 6.43. The Labute approximate surface area is 86.2 Å². The predicted octanol–water partition coefficient (Wildman–Crippen LogP) is -0.102. The number of aliphatic carboxylic acids is 1. The molecule has 80 valence electrons. The molecule has 0 aromatic rings. The second-order valence-corrected chi connectivity index (χ2v) is 3.84. The first kappa shape index (κ1) is 13.0. The van der Waals surface area contributed by atoms with Gasteiger partial charge in [-0.2, -0.15) is 11.8 Å². The van der Waals surface area contributed by atoms with E-state index in [-0.39, 0.29) is 23.2 Å². The maximum Gasteiger partial charge on any atom is 0.327 e. The molecule has 0 aromatic carbocycles. The van der Waals surface area contributed by atoms with Crippen LogP contribution in [0.1, 0.15) is 13.8 Å². The van der Waals surface area contributed by atoms with Gasteiger partial charge in [0.1, 0.15) is 11.8 Å². The normalized spacial score (nSPS) is 11.9. The van der Waals surface area contributed by atoms with Gasteiger partial charge in [0, 0.05) is 12.7 Å². The lowest BCUT2D eigenvalue weighted by molar-refractivity contribution is -0.140. The van der Waals surface area contributed by atoms with Gasteiger partial charge in [0.2, 0.25) is 5.91 Å². The maximum atomic E-state index is 10.6. The molecule has 1 atom stereocenters. The summed E-state index contributed by atoms with van der Waals surface area (Å²) in [7, 11) is 0. The van der Waals surface area contributed by atoms with E-state index >= 15 is 0 Å². The first-order valence-corrected chi connectivity index (χ1v) is 5.16. The number of nitrogens with one attached hydrogen (secondary N) is 1. The lowest BCUT2D eigenvalue weighted by Crippen LogP contribution is -2.41. The van der Waals surface area contributed by atoms with Crippen molar-refractivity contribution >= 4 is 29.4 Å². The largest absolute Gasteiger partial charge is 0.480 e. The minimum atomic E-state index is -1.09. The van der Waals surface area contributed by atoms with Crippen LogP contribution < -0.4 is 5.32 Å². The van der Waals surface area contributed by atoms with Crippen LogP contribution in [0.25, 0.3) is 0 Å². The second kappa shape index (κ2) is 6.42.